The first-order valence-electron chi connectivity index (χ1n) is 6.56. The third-order valence-corrected chi connectivity index (χ3v) is 3.57. The first kappa shape index (κ1) is 11.9. The van der Waals surface area contributed by atoms with Crippen LogP contribution >= 0.6 is 0 Å². The van der Waals surface area contributed by atoms with Gasteiger partial charge in [-0.05, 0) is 25.5 Å². The highest BCUT2D eigenvalue weighted by Crippen LogP contribution is 2.27. The number of allylic oxidation sites excluding steroid dienone is 1. The van der Waals surface area contributed by atoms with Crippen LogP contribution in [0.5, 0.6) is 0 Å². The molecule has 2 aromatic rings. The highest BCUT2D eigenvalue weighted by atomic mass is 16.1. The molecule has 0 bridgehead atoms. The van der Waals surface area contributed by atoms with E-state index < -0.39 is 0 Å². The number of ketones is 1. The van der Waals surface area contributed by atoms with Gasteiger partial charge in [0.25, 0.3) is 0 Å². The predicted octanol–water partition coefficient (Wildman–Crippen LogP) is 3.03. The number of nitrogens with zero attached hydrogens (tertiary/aromatic N) is 2. The van der Waals surface area contributed by atoms with Crippen LogP contribution in [0.2, 0.25) is 0 Å². The number of aryl methyl sites for hydroxylation is 2. The van der Waals surface area contributed by atoms with Crippen LogP contribution in [-0.4, -0.2) is 15.6 Å². The zero-order chi connectivity index (χ0) is 13.4. The van der Waals surface area contributed by atoms with Crippen LogP contribution in [-0.2, 0) is 13.0 Å². The van der Waals surface area contributed by atoms with Crippen LogP contribution in [0.1, 0.15) is 34.1 Å². The van der Waals surface area contributed by atoms with Crippen LogP contribution in [0.3, 0.4) is 0 Å². The number of hydrogen-bond acceptors (Lipinski definition) is 2. The third-order valence-electron chi connectivity index (χ3n) is 3.57. The molecule has 0 fully saturated rings. The molecule has 1 aliphatic rings. The molecule has 0 saturated carbocycles. The van der Waals surface area contributed by atoms with Crippen molar-refractivity contribution in [2.24, 2.45) is 0 Å². The molecule has 1 aromatic heterocycles. The van der Waals surface area contributed by atoms with Gasteiger partial charge < -0.3 is 0 Å². The van der Waals surface area contributed by atoms with E-state index in [1.165, 1.54) is 0 Å². The maximum atomic E-state index is 12.3. The van der Waals surface area contributed by atoms with Crippen LogP contribution in [0.15, 0.2) is 36.0 Å². The number of aromatic nitrogens is 2. The Labute approximate surface area is 112 Å². The number of rotatable bonds is 2. The highest BCUT2D eigenvalue weighted by molar-refractivity contribution is 6.15. The summed E-state index contributed by atoms with van der Waals surface area (Å²) >= 11 is 0. The normalized spacial score (nSPS) is 16.1. The topological polar surface area (TPSA) is 34.9 Å². The van der Waals surface area contributed by atoms with Crippen molar-refractivity contribution in [1.82, 2.24) is 9.78 Å². The van der Waals surface area contributed by atoms with E-state index in [2.05, 4.69) is 12.0 Å². The molecule has 1 aliphatic carbocycles. The molecule has 0 unspecified atom stereocenters. The first-order chi connectivity index (χ1) is 9.19. The van der Waals surface area contributed by atoms with Crippen LogP contribution in [0.4, 0.5) is 0 Å². The Kier molecular flexibility index (Phi) is 2.82. The van der Waals surface area contributed by atoms with E-state index in [4.69, 9.17) is 0 Å². The van der Waals surface area contributed by atoms with Gasteiger partial charge in [0.15, 0.2) is 5.78 Å². The SMILES string of the molecule is CCn1cc(C=C2Cc3ccccc3C2=O)c(C)n1. The molecule has 0 spiro atoms. The molecular formula is C16H16N2O. The van der Waals surface area contributed by atoms with E-state index in [-0.39, 0.29) is 5.78 Å². The second kappa shape index (κ2) is 4.50. The number of Topliss-reactive ketones (excluding diaryl/α,β-unsaturated/α-hetero) is 1. The monoisotopic (exact) mass is 252 g/mol. The molecule has 96 valence electrons. The van der Waals surface area contributed by atoms with Gasteiger partial charge in [0.2, 0.25) is 0 Å². The molecule has 0 saturated heterocycles. The molecule has 1 aromatic carbocycles. The van der Waals surface area contributed by atoms with E-state index in [0.29, 0.717) is 0 Å². The Balaban J connectivity index is 1.98. The minimum Gasteiger partial charge on any atom is -0.289 e. The molecule has 0 atom stereocenters. The van der Waals surface area contributed by atoms with Crippen LogP contribution in [0, 0.1) is 6.92 Å². The van der Waals surface area contributed by atoms with E-state index in [9.17, 15) is 4.79 Å². The van der Waals surface area contributed by atoms with Gasteiger partial charge in [0, 0.05) is 35.9 Å². The molecule has 0 radical (unpaired) electrons. The Bertz CT molecular complexity index is 680. The average Bonchev–Trinajstić information content (AvgIpc) is 2.93. The second-order valence-electron chi connectivity index (χ2n) is 4.86. The highest BCUT2D eigenvalue weighted by Gasteiger charge is 2.24. The van der Waals surface area contributed by atoms with Crippen LogP contribution < -0.4 is 0 Å². The van der Waals surface area contributed by atoms with Gasteiger partial charge >= 0.3 is 0 Å². The standard InChI is InChI=1S/C16H16N2O/c1-3-18-10-14(11(2)17-18)9-13-8-12-6-4-5-7-15(12)16(13)19/h4-7,9-10H,3,8H2,1-2H3. The molecule has 0 N–H and O–H groups in total. The van der Waals surface area contributed by atoms with Crippen molar-refractivity contribution in [3.8, 4) is 0 Å². The minimum atomic E-state index is 0.152. The van der Waals surface area contributed by atoms with Crippen molar-refractivity contribution >= 4 is 11.9 Å². The Hall–Kier alpha value is -2.16. The van der Waals surface area contributed by atoms with Crippen molar-refractivity contribution < 1.29 is 4.79 Å². The minimum absolute atomic E-state index is 0.152. The molecular weight excluding hydrogens is 236 g/mol. The average molecular weight is 252 g/mol. The lowest BCUT2D eigenvalue weighted by atomic mass is 10.1. The summed E-state index contributed by atoms with van der Waals surface area (Å²) in [4.78, 5) is 12.3. The summed E-state index contributed by atoms with van der Waals surface area (Å²) in [5.41, 5.74) is 4.84. The maximum absolute atomic E-state index is 12.3. The molecule has 0 aliphatic heterocycles. The van der Waals surface area contributed by atoms with Gasteiger partial charge in [-0.25, -0.2) is 0 Å². The Morgan fingerprint density at radius 3 is 2.84 bits per heavy atom. The van der Waals surface area contributed by atoms with Crippen molar-refractivity contribution in [1.29, 1.82) is 0 Å². The summed E-state index contributed by atoms with van der Waals surface area (Å²) in [5.74, 6) is 0.152. The summed E-state index contributed by atoms with van der Waals surface area (Å²) in [6.45, 7) is 4.88. The van der Waals surface area contributed by atoms with Crippen molar-refractivity contribution in [2.45, 2.75) is 26.8 Å². The van der Waals surface area contributed by atoms with Crippen molar-refractivity contribution in [3.63, 3.8) is 0 Å². The molecule has 0 amide bonds. The summed E-state index contributed by atoms with van der Waals surface area (Å²) < 4.78 is 1.90. The molecule has 3 heteroatoms. The van der Waals surface area contributed by atoms with E-state index >= 15 is 0 Å². The van der Waals surface area contributed by atoms with Crippen LogP contribution in [0.25, 0.3) is 6.08 Å². The molecule has 3 nitrogen and oxygen atoms in total. The van der Waals surface area contributed by atoms with E-state index in [1.807, 2.05) is 48.1 Å². The third kappa shape index (κ3) is 2.01. The summed E-state index contributed by atoms with van der Waals surface area (Å²) in [7, 11) is 0. The fourth-order valence-corrected chi connectivity index (χ4v) is 2.50. The number of carbonyl (C=O) groups excluding carboxylic acids is 1. The van der Waals surface area contributed by atoms with Crippen molar-refractivity contribution in [3.05, 3.63) is 58.4 Å². The zero-order valence-corrected chi connectivity index (χ0v) is 11.2. The number of hydrogen-bond donors (Lipinski definition) is 0. The maximum Gasteiger partial charge on any atom is 0.189 e. The van der Waals surface area contributed by atoms with Crippen molar-refractivity contribution in [2.75, 3.05) is 0 Å². The van der Waals surface area contributed by atoms with Gasteiger partial charge in [-0.1, -0.05) is 24.3 Å². The number of carbonyl (C=O) groups is 1. The second-order valence-corrected chi connectivity index (χ2v) is 4.86. The number of fused-ring (bicyclic) bond motifs is 1. The number of benzene rings is 1. The quantitative estimate of drug-likeness (QED) is 0.770. The van der Waals surface area contributed by atoms with E-state index in [1.54, 1.807) is 0 Å². The van der Waals surface area contributed by atoms with Gasteiger partial charge in [-0.3, -0.25) is 9.48 Å². The summed E-state index contributed by atoms with van der Waals surface area (Å²) in [6.07, 6.45) is 4.71. The Morgan fingerprint density at radius 2 is 2.16 bits per heavy atom. The lowest BCUT2D eigenvalue weighted by molar-refractivity contribution is 0.104. The predicted molar refractivity (Wildman–Crippen MR) is 75.1 cm³/mol. The fourth-order valence-electron chi connectivity index (χ4n) is 2.50. The van der Waals surface area contributed by atoms with Gasteiger partial charge in [0.1, 0.15) is 0 Å². The molecule has 19 heavy (non-hydrogen) atoms. The molecule has 3 rings (SSSR count). The van der Waals surface area contributed by atoms with Gasteiger partial charge in [0.05, 0.1) is 5.69 Å². The smallest absolute Gasteiger partial charge is 0.189 e. The lowest BCUT2D eigenvalue weighted by Crippen LogP contribution is -1.95. The fraction of sp³-hybridized carbons (Fsp3) is 0.250. The lowest BCUT2D eigenvalue weighted by Gasteiger charge is -1.94. The van der Waals surface area contributed by atoms with E-state index in [0.717, 1.165) is 40.9 Å². The summed E-state index contributed by atoms with van der Waals surface area (Å²) in [6, 6.07) is 7.83. The largest absolute Gasteiger partial charge is 0.289 e. The van der Waals surface area contributed by atoms with Gasteiger partial charge in [-0.2, -0.15) is 5.10 Å². The summed E-state index contributed by atoms with van der Waals surface area (Å²) in [5, 5.41) is 4.41. The Morgan fingerprint density at radius 1 is 1.37 bits per heavy atom. The first-order valence-corrected chi connectivity index (χ1v) is 6.56. The van der Waals surface area contributed by atoms with Gasteiger partial charge in [-0.15, -0.1) is 0 Å². The zero-order valence-electron chi connectivity index (χ0n) is 11.2. The molecule has 1 heterocycles.